The monoisotopic (exact) mass is 467 g/mol. The van der Waals surface area contributed by atoms with E-state index in [1.54, 1.807) is 18.2 Å². The van der Waals surface area contributed by atoms with E-state index in [0.29, 0.717) is 27.9 Å². The molecule has 31 heavy (non-hydrogen) atoms. The van der Waals surface area contributed by atoms with E-state index in [4.69, 9.17) is 28.2 Å². The zero-order chi connectivity index (χ0) is 21.6. The number of carbonyl (C=O) groups excluding carboxylic acids is 1. The minimum Gasteiger partial charge on any atom is -0.332 e. The quantitative estimate of drug-likeness (QED) is 0.283. The molecule has 0 aliphatic rings. The zero-order valence-corrected chi connectivity index (χ0v) is 18.8. The van der Waals surface area contributed by atoms with Gasteiger partial charge in [-0.2, -0.15) is 0 Å². The van der Waals surface area contributed by atoms with Crippen LogP contribution in [0.2, 0.25) is 10.0 Å². The van der Waals surface area contributed by atoms with E-state index in [2.05, 4.69) is 22.4 Å². The molecule has 1 aromatic heterocycles. The van der Waals surface area contributed by atoms with Crippen LogP contribution in [0, 0.1) is 0 Å². The molecule has 0 radical (unpaired) electrons. The largest absolute Gasteiger partial charge is 0.332 e. The first-order valence-electron chi connectivity index (χ1n) is 9.69. The van der Waals surface area contributed by atoms with Gasteiger partial charge >= 0.3 is 0 Å². The number of anilines is 1. The van der Waals surface area contributed by atoms with Gasteiger partial charge in [0.05, 0.1) is 21.4 Å². The van der Waals surface area contributed by atoms with E-state index in [0.717, 1.165) is 27.7 Å². The molecule has 0 aliphatic heterocycles. The van der Waals surface area contributed by atoms with Crippen molar-refractivity contribution in [1.82, 2.24) is 9.97 Å². The topological polar surface area (TPSA) is 57.8 Å². The summed E-state index contributed by atoms with van der Waals surface area (Å²) in [5.74, 6) is 0.493. The molecular formula is C24H19Cl2N3OS. The second-order valence-electron chi connectivity index (χ2n) is 6.77. The summed E-state index contributed by atoms with van der Waals surface area (Å²) >= 11 is 13.4. The number of nitrogens with one attached hydrogen (secondary N) is 2. The Kier molecular flexibility index (Phi) is 6.97. The number of hydrogen-bond donors (Lipinski definition) is 2. The maximum Gasteiger partial charge on any atom is 0.225 e. The molecule has 0 atom stereocenters. The highest BCUT2D eigenvalue weighted by Crippen LogP contribution is 2.32. The third-order valence-electron chi connectivity index (χ3n) is 4.56. The molecule has 0 unspecified atom stereocenters. The van der Waals surface area contributed by atoms with Crippen molar-refractivity contribution in [2.45, 2.75) is 11.6 Å². The lowest BCUT2D eigenvalue weighted by atomic mass is 10.1. The van der Waals surface area contributed by atoms with Crippen molar-refractivity contribution in [3.8, 4) is 22.5 Å². The van der Waals surface area contributed by atoms with Gasteiger partial charge in [0.1, 0.15) is 0 Å². The number of nitrogens with zero attached hydrogens (tertiary/aromatic N) is 1. The molecule has 1 amide bonds. The number of benzene rings is 3. The van der Waals surface area contributed by atoms with Crippen molar-refractivity contribution in [2.75, 3.05) is 11.1 Å². The Morgan fingerprint density at radius 2 is 1.58 bits per heavy atom. The summed E-state index contributed by atoms with van der Waals surface area (Å²) < 4.78 is 0. The molecule has 3 aromatic carbocycles. The van der Waals surface area contributed by atoms with Gasteiger partial charge in [0.15, 0.2) is 5.16 Å². The fraction of sp³-hybridized carbons (Fsp3) is 0.0833. The highest BCUT2D eigenvalue weighted by molar-refractivity contribution is 7.99. The van der Waals surface area contributed by atoms with Crippen molar-refractivity contribution in [2.24, 2.45) is 0 Å². The summed E-state index contributed by atoms with van der Waals surface area (Å²) in [4.78, 5) is 20.5. The van der Waals surface area contributed by atoms with Crippen molar-refractivity contribution in [1.29, 1.82) is 0 Å². The standard InChI is InChI=1S/C24H19Cl2N3OS/c25-19-12-11-18(15-20(19)26)27-21(30)13-14-31-24-28-22(16-7-3-1-4-8-16)23(29-24)17-9-5-2-6-10-17/h1-12,15H,13-14H2,(H,27,30)(H,28,29). The van der Waals surface area contributed by atoms with Gasteiger partial charge in [-0.3, -0.25) is 4.79 Å². The molecule has 0 saturated heterocycles. The number of imidazole rings is 1. The van der Waals surface area contributed by atoms with Gasteiger partial charge in [-0.05, 0) is 18.2 Å². The number of amides is 1. The molecule has 2 N–H and O–H groups in total. The highest BCUT2D eigenvalue weighted by atomic mass is 35.5. The van der Waals surface area contributed by atoms with E-state index in [1.807, 2.05) is 48.5 Å². The Hall–Kier alpha value is -2.73. The van der Waals surface area contributed by atoms with E-state index in [1.165, 1.54) is 11.8 Å². The average Bonchev–Trinajstić information content (AvgIpc) is 3.22. The van der Waals surface area contributed by atoms with Gasteiger partial charge in [0, 0.05) is 29.0 Å². The van der Waals surface area contributed by atoms with Crippen LogP contribution in [-0.2, 0) is 4.79 Å². The van der Waals surface area contributed by atoms with Gasteiger partial charge in [0.2, 0.25) is 5.91 Å². The molecule has 4 nitrogen and oxygen atoms in total. The van der Waals surface area contributed by atoms with Gasteiger partial charge in [-0.25, -0.2) is 4.98 Å². The predicted molar refractivity (Wildman–Crippen MR) is 130 cm³/mol. The second-order valence-corrected chi connectivity index (χ2v) is 8.67. The predicted octanol–water partition coefficient (Wildman–Crippen LogP) is 7.17. The van der Waals surface area contributed by atoms with Crippen molar-refractivity contribution < 1.29 is 4.79 Å². The van der Waals surface area contributed by atoms with Crippen LogP contribution in [0.3, 0.4) is 0 Å². The molecule has 0 spiro atoms. The summed E-state index contributed by atoms with van der Waals surface area (Å²) in [6.45, 7) is 0. The van der Waals surface area contributed by atoms with Crippen LogP contribution >= 0.6 is 35.0 Å². The molecule has 4 aromatic rings. The molecule has 0 saturated carbocycles. The fourth-order valence-corrected chi connectivity index (χ4v) is 4.19. The number of aromatic amines is 1. The first-order valence-corrected chi connectivity index (χ1v) is 11.4. The Labute approximate surface area is 195 Å². The van der Waals surface area contributed by atoms with Crippen LogP contribution in [0.25, 0.3) is 22.5 Å². The second kappa shape index (κ2) is 10.1. The number of aromatic nitrogens is 2. The minimum absolute atomic E-state index is 0.0935. The summed E-state index contributed by atoms with van der Waals surface area (Å²) in [5.41, 5.74) is 4.60. The van der Waals surface area contributed by atoms with Crippen molar-refractivity contribution >= 4 is 46.6 Å². The molecule has 7 heteroatoms. The Morgan fingerprint density at radius 3 is 2.26 bits per heavy atom. The van der Waals surface area contributed by atoms with E-state index in [9.17, 15) is 4.79 Å². The number of hydrogen-bond acceptors (Lipinski definition) is 3. The number of H-pyrrole nitrogens is 1. The molecule has 1 heterocycles. The first kappa shape index (κ1) is 21.5. The Morgan fingerprint density at radius 1 is 0.903 bits per heavy atom. The Balaban J connectivity index is 1.44. The molecule has 156 valence electrons. The SMILES string of the molecule is O=C(CCSc1nc(-c2ccccc2)c(-c2ccccc2)[nH]1)Nc1ccc(Cl)c(Cl)c1. The number of rotatable bonds is 7. The first-order chi connectivity index (χ1) is 15.1. The van der Waals surface area contributed by atoms with Crippen LogP contribution in [0.15, 0.2) is 84.0 Å². The number of carbonyl (C=O) groups is 1. The van der Waals surface area contributed by atoms with E-state index in [-0.39, 0.29) is 5.91 Å². The minimum atomic E-state index is -0.0935. The fourth-order valence-electron chi connectivity index (χ4n) is 3.08. The van der Waals surface area contributed by atoms with Crippen LogP contribution in [0.5, 0.6) is 0 Å². The van der Waals surface area contributed by atoms with Crippen LogP contribution in [0.1, 0.15) is 6.42 Å². The average molecular weight is 468 g/mol. The van der Waals surface area contributed by atoms with Crippen LogP contribution < -0.4 is 5.32 Å². The highest BCUT2D eigenvalue weighted by Gasteiger charge is 2.14. The van der Waals surface area contributed by atoms with Gasteiger partial charge in [-0.1, -0.05) is 95.6 Å². The molecular weight excluding hydrogens is 449 g/mol. The van der Waals surface area contributed by atoms with Gasteiger partial charge in [0.25, 0.3) is 0 Å². The summed E-state index contributed by atoms with van der Waals surface area (Å²) in [6, 6.07) is 25.2. The van der Waals surface area contributed by atoms with Gasteiger partial charge in [-0.15, -0.1) is 0 Å². The maximum absolute atomic E-state index is 12.3. The molecule has 0 aliphatic carbocycles. The molecule has 4 rings (SSSR count). The number of thioether (sulfide) groups is 1. The smallest absolute Gasteiger partial charge is 0.225 e. The molecule has 0 bridgehead atoms. The lowest BCUT2D eigenvalue weighted by Crippen LogP contribution is -2.12. The van der Waals surface area contributed by atoms with Crippen molar-refractivity contribution in [3.05, 3.63) is 88.9 Å². The summed E-state index contributed by atoms with van der Waals surface area (Å²) in [6.07, 6.45) is 0.340. The van der Waals surface area contributed by atoms with Gasteiger partial charge < -0.3 is 10.3 Å². The summed E-state index contributed by atoms with van der Waals surface area (Å²) in [7, 11) is 0. The maximum atomic E-state index is 12.3. The lowest BCUT2D eigenvalue weighted by molar-refractivity contribution is -0.115. The lowest BCUT2D eigenvalue weighted by Gasteiger charge is -2.05. The molecule has 0 fully saturated rings. The zero-order valence-electron chi connectivity index (χ0n) is 16.4. The third-order valence-corrected chi connectivity index (χ3v) is 6.18. The van der Waals surface area contributed by atoms with E-state index >= 15 is 0 Å². The Bertz CT molecular complexity index is 1120. The normalized spacial score (nSPS) is 10.8. The van der Waals surface area contributed by atoms with Crippen molar-refractivity contribution in [3.63, 3.8) is 0 Å². The number of halogens is 2. The summed E-state index contributed by atoms with van der Waals surface area (Å²) in [5, 5.41) is 4.48. The van der Waals surface area contributed by atoms with Crippen LogP contribution in [0.4, 0.5) is 5.69 Å². The van der Waals surface area contributed by atoms with E-state index < -0.39 is 0 Å². The third kappa shape index (κ3) is 5.50. The van der Waals surface area contributed by atoms with Crippen LogP contribution in [-0.4, -0.2) is 21.6 Å².